The highest BCUT2D eigenvalue weighted by Crippen LogP contribution is 2.25. The van der Waals surface area contributed by atoms with Crippen LogP contribution < -0.4 is 4.90 Å². The Balaban J connectivity index is 1.91. The van der Waals surface area contributed by atoms with E-state index in [-0.39, 0.29) is 6.61 Å². The Morgan fingerprint density at radius 3 is 3.23 bits per heavy atom. The minimum Gasteiger partial charge on any atom is -0.396 e. The lowest BCUT2D eigenvalue weighted by atomic mass is 10.1. The van der Waals surface area contributed by atoms with Crippen LogP contribution in [0.2, 0.25) is 0 Å². The summed E-state index contributed by atoms with van der Waals surface area (Å²) in [4.78, 5) is 2.19. The van der Waals surface area contributed by atoms with E-state index < -0.39 is 0 Å². The van der Waals surface area contributed by atoms with E-state index in [1.165, 1.54) is 11.5 Å². The summed E-state index contributed by atoms with van der Waals surface area (Å²) in [5, 5.41) is 17.2. The van der Waals surface area contributed by atoms with Gasteiger partial charge in [-0.1, -0.05) is 9.59 Å². The van der Waals surface area contributed by atoms with Gasteiger partial charge in [-0.15, -0.1) is 0 Å². The third-order valence-corrected chi connectivity index (χ3v) is 3.04. The molecule has 1 N–H and O–H groups in total. The van der Waals surface area contributed by atoms with Crippen LogP contribution in [0.3, 0.4) is 0 Å². The molecule has 0 amide bonds. The van der Waals surface area contributed by atoms with Crippen LogP contribution in [0.15, 0.2) is 0 Å². The number of anilines is 1. The lowest BCUT2D eigenvalue weighted by Gasteiger charge is -2.12. The van der Waals surface area contributed by atoms with Gasteiger partial charge in [-0.25, -0.2) is 0 Å². The summed E-state index contributed by atoms with van der Waals surface area (Å²) >= 11 is 1.33. The molecule has 1 aliphatic heterocycles. The topological polar surface area (TPSA) is 62.1 Å². The van der Waals surface area contributed by atoms with Crippen molar-refractivity contribution in [2.45, 2.75) is 12.8 Å². The molecule has 0 aliphatic carbocycles. The third-order valence-electron chi connectivity index (χ3n) is 2.38. The first-order valence-corrected chi connectivity index (χ1v) is 5.18. The normalized spacial score (nSPS) is 22.5. The molecule has 1 aliphatic rings. The molecule has 1 atom stereocenters. The van der Waals surface area contributed by atoms with Crippen LogP contribution in [0.1, 0.15) is 12.8 Å². The van der Waals surface area contributed by atoms with Crippen molar-refractivity contribution in [2.75, 3.05) is 24.6 Å². The maximum Gasteiger partial charge on any atom is 0.227 e. The van der Waals surface area contributed by atoms with Gasteiger partial charge in [0.2, 0.25) is 5.13 Å². The zero-order valence-electron chi connectivity index (χ0n) is 7.26. The van der Waals surface area contributed by atoms with E-state index in [0.29, 0.717) is 5.92 Å². The van der Waals surface area contributed by atoms with Crippen LogP contribution in [0.4, 0.5) is 5.13 Å². The number of nitrogens with zero attached hydrogens (tertiary/aromatic N) is 4. The van der Waals surface area contributed by atoms with E-state index in [2.05, 4.69) is 19.7 Å². The second kappa shape index (κ2) is 3.97. The quantitative estimate of drug-likeness (QED) is 0.752. The molecule has 1 fully saturated rings. The highest BCUT2D eigenvalue weighted by atomic mass is 32.1. The summed E-state index contributed by atoms with van der Waals surface area (Å²) in [6, 6.07) is 0. The molecule has 0 radical (unpaired) electrons. The van der Waals surface area contributed by atoms with Gasteiger partial charge in [0.25, 0.3) is 0 Å². The Labute approximate surface area is 80.5 Å². The molecule has 0 aromatic carbocycles. The van der Waals surface area contributed by atoms with E-state index >= 15 is 0 Å². The SMILES string of the molecule is OCCC1CCN(c2nnns2)C1. The lowest BCUT2D eigenvalue weighted by Crippen LogP contribution is -2.19. The van der Waals surface area contributed by atoms with Crippen LogP contribution in [-0.2, 0) is 0 Å². The summed E-state index contributed by atoms with van der Waals surface area (Å²) in [5.41, 5.74) is 0. The Hall–Kier alpha value is -0.750. The highest BCUT2D eigenvalue weighted by molar-refractivity contribution is 7.09. The fourth-order valence-electron chi connectivity index (χ4n) is 1.68. The molecule has 1 saturated heterocycles. The van der Waals surface area contributed by atoms with Gasteiger partial charge in [0, 0.05) is 31.2 Å². The van der Waals surface area contributed by atoms with Gasteiger partial charge in [-0.2, -0.15) is 0 Å². The minimum atomic E-state index is 0.285. The maximum absolute atomic E-state index is 8.79. The molecule has 2 heterocycles. The van der Waals surface area contributed by atoms with Crippen LogP contribution in [0.25, 0.3) is 0 Å². The molecular formula is C7H12N4OS. The third kappa shape index (κ3) is 1.94. The molecule has 13 heavy (non-hydrogen) atoms. The summed E-state index contributed by atoms with van der Waals surface area (Å²) in [6.07, 6.45) is 2.03. The minimum absolute atomic E-state index is 0.285. The smallest absolute Gasteiger partial charge is 0.227 e. The zero-order chi connectivity index (χ0) is 9.10. The molecule has 0 saturated carbocycles. The summed E-state index contributed by atoms with van der Waals surface area (Å²) in [7, 11) is 0. The number of aliphatic hydroxyl groups is 1. The largest absolute Gasteiger partial charge is 0.396 e. The average molecular weight is 200 g/mol. The van der Waals surface area contributed by atoms with Gasteiger partial charge in [-0.3, -0.25) is 0 Å². The molecule has 0 spiro atoms. The first kappa shape index (κ1) is 8.83. The van der Waals surface area contributed by atoms with Gasteiger partial charge >= 0.3 is 0 Å². The van der Waals surface area contributed by atoms with Crippen LogP contribution in [0.5, 0.6) is 0 Å². The fourth-order valence-corrected chi connectivity index (χ4v) is 2.18. The Kier molecular flexibility index (Phi) is 2.70. The van der Waals surface area contributed by atoms with Crippen molar-refractivity contribution in [1.82, 2.24) is 14.8 Å². The molecular weight excluding hydrogens is 188 g/mol. The van der Waals surface area contributed by atoms with Crippen LogP contribution >= 0.6 is 11.5 Å². The standard InChI is InChI=1S/C7H12N4OS/c12-4-2-6-1-3-11(5-6)7-8-9-10-13-7/h6,12H,1-5H2. The number of aromatic nitrogens is 3. The molecule has 1 unspecified atom stereocenters. The van der Waals surface area contributed by atoms with Gasteiger partial charge in [0.1, 0.15) is 0 Å². The molecule has 1 aromatic heterocycles. The predicted octanol–water partition coefficient (Wildman–Crippen LogP) is 0.142. The van der Waals surface area contributed by atoms with Crippen LogP contribution in [-0.4, -0.2) is 39.6 Å². The molecule has 0 bridgehead atoms. The second-order valence-corrected chi connectivity index (χ2v) is 3.97. The Bertz CT molecular complexity index is 253. The van der Waals surface area contributed by atoms with Gasteiger partial charge in [0.15, 0.2) is 0 Å². The molecule has 6 heteroatoms. The number of hydrogen-bond donors (Lipinski definition) is 1. The van der Waals surface area contributed by atoms with Crippen molar-refractivity contribution in [3.63, 3.8) is 0 Å². The maximum atomic E-state index is 8.79. The summed E-state index contributed by atoms with van der Waals surface area (Å²) in [5.74, 6) is 0.605. The zero-order valence-corrected chi connectivity index (χ0v) is 8.07. The van der Waals surface area contributed by atoms with E-state index in [1.54, 1.807) is 0 Å². The van der Waals surface area contributed by atoms with E-state index in [1.807, 2.05) is 0 Å². The van der Waals surface area contributed by atoms with Crippen molar-refractivity contribution in [3.8, 4) is 0 Å². The van der Waals surface area contributed by atoms with Crippen molar-refractivity contribution < 1.29 is 5.11 Å². The fraction of sp³-hybridized carbons (Fsp3) is 0.857. The first-order chi connectivity index (χ1) is 6.40. The summed E-state index contributed by atoms with van der Waals surface area (Å²) < 4.78 is 3.73. The van der Waals surface area contributed by atoms with Crippen molar-refractivity contribution in [1.29, 1.82) is 0 Å². The molecule has 2 rings (SSSR count). The first-order valence-electron chi connectivity index (χ1n) is 4.41. The Morgan fingerprint density at radius 2 is 2.54 bits per heavy atom. The summed E-state index contributed by atoms with van der Waals surface area (Å²) in [6.45, 7) is 2.28. The number of rotatable bonds is 3. The predicted molar refractivity (Wildman–Crippen MR) is 49.7 cm³/mol. The molecule has 5 nitrogen and oxygen atoms in total. The van der Waals surface area contributed by atoms with Gasteiger partial charge < -0.3 is 10.0 Å². The Morgan fingerprint density at radius 1 is 1.62 bits per heavy atom. The van der Waals surface area contributed by atoms with Crippen molar-refractivity contribution in [2.24, 2.45) is 5.92 Å². The average Bonchev–Trinajstić information content (AvgIpc) is 2.70. The molecule has 72 valence electrons. The molecule has 1 aromatic rings. The monoisotopic (exact) mass is 200 g/mol. The highest BCUT2D eigenvalue weighted by Gasteiger charge is 2.23. The second-order valence-electron chi connectivity index (χ2n) is 3.26. The van der Waals surface area contributed by atoms with Crippen molar-refractivity contribution in [3.05, 3.63) is 0 Å². The number of aliphatic hydroxyl groups excluding tert-OH is 1. The lowest BCUT2D eigenvalue weighted by molar-refractivity contribution is 0.263. The van der Waals surface area contributed by atoms with E-state index in [0.717, 1.165) is 31.1 Å². The van der Waals surface area contributed by atoms with E-state index in [9.17, 15) is 0 Å². The van der Waals surface area contributed by atoms with Crippen LogP contribution in [0, 0.1) is 5.92 Å². The van der Waals surface area contributed by atoms with Gasteiger partial charge in [0.05, 0.1) is 0 Å². The van der Waals surface area contributed by atoms with Crippen molar-refractivity contribution >= 4 is 16.7 Å². The van der Waals surface area contributed by atoms with Gasteiger partial charge in [-0.05, 0) is 24.0 Å². The number of hydrogen-bond acceptors (Lipinski definition) is 6. The van der Waals surface area contributed by atoms with E-state index in [4.69, 9.17) is 5.11 Å².